The number of esters is 1. The second kappa shape index (κ2) is 6.28. The maximum absolute atomic E-state index is 10.9. The van der Waals surface area contributed by atoms with Gasteiger partial charge in [0.05, 0.1) is 20.1 Å². The van der Waals surface area contributed by atoms with Gasteiger partial charge >= 0.3 is 12.1 Å². The molecule has 13 heavy (non-hydrogen) atoms. The zero-order valence-corrected chi connectivity index (χ0v) is 8.03. The molecule has 5 heteroatoms. The van der Waals surface area contributed by atoms with Crippen LogP contribution in [0.3, 0.4) is 0 Å². The van der Waals surface area contributed by atoms with Crippen molar-refractivity contribution in [3.63, 3.8) is 0 Å². The second-order valence-electron chi connectivity index (χ2n) is 2.39. The summed E-state index contributed by atoms with van der Waals surface area (Å²) >= 11 is 0. The Hall–Kier alpha value is -1.26. The van der Waals surface area contributed by atoms with E-state index in [0.717, 1.165) is 0 Å². The number of methoxy groups -OCH3 is 1. The first-order valence-corrected chi connectivity index (χ1v) is 4.00. The third kappa shape index (κ3) is 5.95. The Morgan fingerprint density at radius 3 is 2.46 bits per heavy atom. The van der Waals surface area contributed by atoms with Gasteiger partial charge in [0.25, 0.3) is 0 Å². The molecule has 1 unspecified atom stereocenters. The van der Waals surface area contributed by atoms with Crippen LogP contribution in [0.25, 0.3) is 0 Å². The standard InChI is InChI=1S/C8H14O5/c1-4-12-7(9)5-6(2)13-8(10)11-3/h6H,4-5H2,1-3H3. The van der Waals surface area contributed by atoms with Gasteiger partial charge in [0.2, 0.25) is 0 Å². The van der Waals surface area contributed by atoms with Gasteiger partial charge in [0, 0.05) is 0 Å². The van der Waals surface area contributed by atoms with E-state index in [2.05, 4.69) is 14.2 Å². The highest BCUT2D eigenvalue weighted by Crippen LogP contribution is 2.00. The van der Waals surface area contributed by atoms with Crippen molar-refractivity contribution in [2.24, 2.45) is 0 Å². The summed E-state index contributed by atoms with van der Waals surface area (Å²) in [5, 5.41) is 0. The lowest BCUT2D eigenvalue weighted by Gasteiger charge is -2.10. The predicted molar refractivity (Wildman–Crippen MR) is 44.2 cm³/mol. The predicted octanol–water partition coefficient (Wildman–Crippen LogP) is 1.11. The van der Waals surface area contributed by atoms with E-state index in [1.807, 2.05) is 0 Å². The fraction of sp³-hybridized carbons (Fsp3) is 0.750. The average Bonchev–Trinajstić information content (AvgIpc) is 2.04. The first-order chi connectivity index (χ1) is 6.10. The van der Waals surface area contributed by atoms with Crippen LogP contribution in [-0.2, 0) is 19.0 Å². The Morgan fingerprint density at radius 1 is 1.38 bits per heavy atom. The van der Waals surface area contributed by atoms with E-state index < -0.39 is 12.3 Å². The van der Waals surface area contributed by atoms with Gasteiger partial charge < -0.3 is 14.2 Å². The first kappa shape index (κ1) is 11.7. The molecular formula is C8H14O5. The normalized spacial score (nSPS) is 11.6. The van der Waals surface area contributed by atoms with E-state index in [0.29, 0.717) is 6.61 Å². The van der Waals surface area contributed by atoms with Gasteiger partial charge in [-0.05, 0) is 13.8 Å². The van der Waals surface area contributed by atoms with E-state index in [1.165, 1.54) is 7.11 Å². The minimum Gasteiger partial charge on any atom is -0.466 e. The van der Waals surface area contributed by atoms with Crippen LogP contribution in [0.2, 0.25) is 0 Å². The van der Waals surface area contributed by atoms with Crippen molar-refractivity contribution in [2.75, 3.05) is 13.7 Å². The van der Waals surface area contributed by atoms with Crippen molar-refractivity contribution >= 4 is 12.1 Å². The van der Waals surface area contributed by atoms with E-state index in [9.17, 15) is 9.59 Å². The molecule has 0 saturated heterocycles. The Morgan fingerprint density at radius 2 is 2.00 bits per heavy atom. The summed E-state index contributed by atoms with van der Waals surface area (Å²) in [6, 6.07) is 0. The lowest BCUT2D eigenvalue weighted by molar-refractivity contribution is -0.145. The van der Waals surface area contributed by atoms with Crippen LogP contribution in [0.4, 0.5) is 4.79 Å². The monoisotopic (exact) mass is 190 g/mol. The van der Waals surface area contributed by atoms with Gasteiger partial charge in [0.15, 0.2) is 0 Å². The zero-order valence-electron chi connectivity index (χ0n) is 8.03. The molecule has 0 aromatic rings. The van der Waals surface area contributed by atoms with Crippen molar-refractivity contribution in [1.82, 2.24) is 0 Å². The van der Waals surface area contributed by atoms with Crippen LogP contribution < -0.4 is 0 Å². The quantitative estimate of drug-likeness (QED) is 0.621. The third-order valence-corrected chi connectivity index (χ3v) is 1.22. The van der Waals surface area contributed by atoms with Gasteiger partial charge in [-0.3, -0.25) is 4.79 Å². The van der Waals surface area contributed by atoms with Crippen LogP contribution in [0.15, 0.2) is 0 Å². The molecule has 0 aromatic carbocycles. The minimum atomic E-state index is -0.795. The fourth-order valence-corrected chi connectivity index (χ4v) is 0.709. The molecule has 0 aliphatic heterocycles. The summed E-state index contributed by atoms with van der Waals surface area (Å²) in [5.41, 5.74) is 0. The molecular weight excluding hydrogens is 176 g/mol. The van der Waals surface area contributed by atoms with Crippen molar-refractivity contribution < 1.29 is 23.8 Å². The summed E-state index contributed by atoms with van der Waals surface area (Å²) in [6.07, 6.45) is -1.27. The zero-order chi connectivity index (χ0) is 10.3. The molecule has 0 aliphatic carbocycles. The van der Waals surface area contributed by atoms with Crippen LogP contribution >= 0.6 is 0 Å². The van der Waals surface area contributed by atoms with E-state index in [1.54, 1.807) is 13.8 Å². The number of hydrogen-bond acceptors (Lipinski definition) is 5. The third-order valence-electron chi connectivity index (χ3n) is 1.22. The number of carbonyl (C=O) groups is 2. The molecule has 5 nitrogen and oxygen atoms in total. The maximum atomic E-state index is 10.9. The average molecular weight is 190 g/mol. The summed E-state index contributed by atoms with van der Waals surface area (Å²) in [6.45, 7) is 3.63. The molecule has 0 heterocycles. The first-order valence-electron chi connectivity index (χ1n) is 4.00. The molecule has 0 fully saturated rings. The molecule has 0 amide bonds. The lowest BCUT2D eigenvalue weighted by Crippen LogP contribution is -2.19. The molecule has 0 spiro atoms. The highest BCUT2D eigenvalue weighted by molar-refractivity contribution is 5.70. The molecule has 0 aliphatic rings. The van der Waals surface area contributed by atoms with Crippen LogP contribution in [0, 0.1) is 0 Å². The Bertz CT molecular complexity index is 177. The fourth-order valence-electron chi connectivity index (χ4n) is 0.709. The topological polar surface area (TPSA) is 61.8 Å². The summed E-state index contributed by atoms with van der Waals surface area (Å²) in [4.78, 5) is 21.4. The van der Waals surface area contributed by atoms with Crippen LogP contribution in [0.1, 0.15) is 20.3 Å². The lowest BCUT2D eigenvalue weighted by atomic mass is 10.3. The summed E-state index contributed by atoms with van der Waals surface area (Å²) in [5.74, 6) is -0.390. The smallest absolute Gasteiger partial charge is 0.466 e. The van der Waals surface area contributed by atoms with Crippen molar-refractivity contribution in [1.29, 1.82) is 0 Å². The van der Waals surface area contributed by atoms with Crippen molar-refractivity contribution in [3.05, 3.63) is 0 Å². The highest BCUT2D eigenvalue weighted by Gasteiger charge is 2.14. The largest absolute Gasteiger partial charge is 0.508 e. The van der Waals surface area contributed by atoms with Crippen molar-refractivity contribution in [3.8, 4) is 0 Å². The Labute approximate surface area is 77.0 Å². The highest BCUT2D eigenvalue weighted by atomic mass is 16.7. The Balaban J connectivity index is 3.67. The van der Waals surface area contributed by atoms with Crippen LogP contribution in [0.5, 0.6) is 0 Å². The number of carbonyl (C=O) groups excluding carboxylic acids is 2. The van der Waals surface area contributed by atoms with Crippen LogP contribution in [-0.4, -0.2) is 31.9 Å². The van der Waals surface area contributed by atoms with E-state index in [-0.39, 0.29) is 12.4 Å². The van der Waals surface area contributed by atoms with E-state index >= 15 is 0 Å². The maximum Gasteiger partial charge on any atom is 0.508 e. The molecule has 0 saturated carbocycles. The van der Waals surface area contributed by atoms with Gasteiger partial charge in [0.1, 0.15) is 6.10 Å². The van der Waals surface area contributed by atoms with Gasteiger partial charge in [-0.15, -0.1) is 0 Å². The number of rotatable bonds is 4. The molecule has 0 rings (SSSR count). The van der Waals surface area contributed by atoms with Gasteiger partial charge in [-0.2, -0.15) is 0 Å². The van der Waals surface area contributed by atoms with E-state index in [4.69, 9.17) is 0 Å². The molecule has 0 bridgehead atoms. The molecule has 76 valence electrons. The van der Waals surface area contributed by atoms with Crippen molar-refractivity contribution in [2.45, 2.75) is 26.4 Å². The summed E-state index contributed by atoms with van der Waals surface area (Å²) < 4.78 is 13.6. The molecule has 1 atom stereocenters. The minimum absolute atomic E-state index is 0.0446. The van der Waals surface area contributed by atoms with Gasteiger partial charge in [-0.1, -0.05) is 0 Å². The number of ether oxygens (including phenoxy) is 3. The Kier molecular flexibility index (Phi) is 5.67. The summed E-state index contributed by atoms with van der Waals surface area (Å²) in [7, 11) is 1.21. The second-order valence-corrected chi connectivity index (χ2v) is 2.39. The molecule has 0 N–H and O–H groups in total. The molecule has 0 aromatic heterocycles. The molecule has 0 radical (unpaired) electrons. The SMILES string of the molecule is CCOC(=O)CC(C)OC(=O)OC. The number of hydrogen-bond donors (Lipinski definition) is 0. The van der Waals surface area contributed by atoms with Gasteiger partial charge in [-0.25, -0.2) is 4.79 Å².